The molecule has 1 heterocycles. The van der Waals surface area contributed by atoms with Crippen LogP contribution in [0.3, 0.4) is 0 Å². The first-order valence-corrected chi connectivity index (χ1v) is 7.62. The van der Waals surface area contributed by atoms with E-state index in [0.29, 0.717) is 5.56 Å². The third kappa shape index (κ3) is 3.31. The molecule has 1 fully saturated rings. The molecule has 4 nitrogen and oxygen atoms in total. The second-order valence-corrected chi connectivity index (χ2v) is 5.63. The van der Waals surface area contributed by atoms with Gasteiger partial charge in [-0.15, -0.1) is 0 Å². The molecule has 2 aromatic carbocycles. The number of halogens is 2. The van der Waals surface area contributed by atoms with Crippen LogP contribution in [0.2, 0.25) is 5.02 Å². The lowest BCUT2D eigenvalue weighted by Gasteiger charge is -2.18. The summed E-state index contributed by atoms with van der Waals surface area (Å²) in [6.45, 7) is 0.109. The summed E-state index contributed by atoms with van der Waals surface area (Å²) in [6.07, 6.45) is 1.95. The van der Waals surface area contributed by atoms with Crippen molar-refractivity contribution in [2.24, 2.45) is 0 Å². The molecule has 1 aliphatic rings. The van der Waals surface area contributed by atoms with Gasteiger partial charge in [0.15, 0.2) is 0 Å². The number of carbonyl (C=O) groups is 2. The number of benzene rings is 2. The van der Waals surface area contributed by atoms with Gasteiger partial charge in [-0.25, -0.2) is 14.1 Å². The summed E-state index contributed by atoms with van der Waals surface area (Å²) in [7, 11) is 0. The Balaban J connectivity index is 1.80. The van der Waals surface area contributed by atoms with E-state index in [1.807, 2.05) is 30.3 Å². The molecule has 3 rings (SSSR count). The summed E-state index contributed by atoms with van der Waals surface area (Å²) in [5, 5.41) is 0.00531. The van der Waals surface area contributed by atoms with E-state index in [4.69, 9.17) is 16.3 Å². The molecule has 2 amide bonds. The molecule has 6 heteroatoms. The molecule has 0 radical (unpaired) electrons. The zero-order valence-electron chi connectivity index (χ0n) is 12.5. The summed E-state index contributed by atoms with van der Waals surface area (Å²) >= 11 is 5.62. The lowest BCUT2D eigenvalue weighted by molar-refractivity contribution is -0.124. The fourth-order valence-electron chi connectivity index (χ4n) is 2.45. The van der Waals surface area contributed by atoms with Crippen molar-refractivity contribution in [1.82, 2.24) is 4.90 Å². The van der Waals surface area contributed by atoms with Gasteiger partial charge < -0.3 is 4.74 Å². The smallest absolute Gasteiger partial charge is 0.417 e. The van der Waals surface area contributed by atoms with Crippen LogP contribution < -0.4 is 0 Å². The summed E-state index contributed by atoms with van der Waals surface area (Å²) in [5.41, 5.74) is 1.27. The minimum Gasteiger partial charge on any atom is -0.446 e. The van der Waals surface area contributed by atoms with Crippen LogP contribution in [0.15, 0.2) is 54.6 Å². The fourth-order valence-corrected chi connectivity index (χ4v) is 2.57. The van der Waals surface area contributed by atoms with E-state index in [2.05, 4.69) is 0 Å². The molecule has 0 spiro atoms. The highest BCUT2D eigenvalue weighted by Gasteiger charge is 2.37. The van der Waals surface area contributed by atoms with Crippen LogP contribution in [-0.2, 0) is 9.53 Å². The van der Waals surface area contributed by atoms with E-state index < -0.39 is 23.9 Å². The van der Waals surface area contributed by atoms with Crippen LogP contribution >= 0.6 is 11.6 Å². The number of hydrogen-bond donors (Lipinski definition) is 0. The van der Waals surface area contributed by atoms with Crippen molar-refractivity contribution < 1.29 is 18.7 Å². The van der Waals surface area contributed by atoms with Crippen molar-refractivity contribution in [3.05, 3.63) is 76.6 Å². The van der Waals surface area contributed by atoms with Crippen molar-refractivity contribution in [2.45, 2.75) is 6.04 Å². The predicted molar refractivity (Wildman–Crippen MR) is 87.8 cm³/mol. The highest BCUT2D eigenvalue weighted by atomic mass is 35.5. The van der Waals surface area contributed by atoms with Crippen LogP contribution in [0.4, 0.5) is 9.18 Å². The van der Waals surface area contributed by atoms with Crippen molar-refractivity contribution in [3.8, 4) is 0 Å². The van der Waals surface area contributed by atoms with Gasteiger partial charge in [0.25, 0.3) is 5.91 Å². The predicted octanol–water partition coefficient (Wildman–Crippen LogP) is 4.21. The molecule has 0 bridgehead atoms. The third-order valence-electron chi connectivity index (χ3n) is 3.66. The number of hydrogen-bond acceptors (Lipinski definition) is 3. The highest BCUT2D eigenvalue weighted by Crippen LogP contribution is 2.28. The van der Waals surface area contributed by atoms with Gasteiger partial charge in [-0.05, 0) is 29.3 Å². The van der Waals surface area contributed by atoms with E-state index in [9.17, 15) is 14.0 Å². The molecule has 122 valence electrons. The first kappa shape index (κ1) is 16.2. The van der Waals surface area contributed by atoms with E-state index >= 15 is 0 Å². The maximum atomic E-state index is 13.4. The van der Waals surface area contributed by atoms with Crippen LogP contribution in [0.25, 0.3) is 6.08 Å². The van der Waals surface area contributed by atoms with Crippen molar-refractivity contribution in [2.75, 3.05) is 6.61 Å². The summed E-state index contributed by atoms with van der Waals surface area (Å²) in [6, 6.07) is 12.9. The minimum absolute atomic E-state index is 0.00531. The molecule has 1 aliphatic heterocycles. The monoisotopic (exact) mass is 345 g/mol. The van der Waals surface area contributed by atoms with Crippen LogP contribution in [0.1, 0.15) is 17.2 Å². The van der Waals surface area contributed by atoms with Gasteiger partial charge in [-0.1, -0.05) is 48.0 Å². The highest BCUT2D eigenvalue weighted by molar-refractivity contribution is 6.30. The molecular formula is C18H13ClFNO3. The van der Waals surface area contributed by atoms with E-state index in [1.165, 1.54) is 24.3 Å². The number of rotatable bonds is 3. The van der Waals surface area contributed by atoms with Gasteiger partial charge in [-0.3, -0.25) is 4.79 Å². The molecule has 2 aromatic rings. The van der Waals surface area contributed by atoms with Gasteiger partial charge >= 0.3 is 6.09 Å². The molecule has 1 saturated heterocycles. The topological polar surface area (TPSA) is 46.6 Å². The van der Waals surface area contributed by atoms with E-state index in [-0.39, 0.29) is 11.6 Å². The molecule has 0 N–H and O–H groups in total. The summed E-state index contributed by atoms with van der Waals surface area (Å²) < 4.78 is 18.4. The Morgan fingerprint density at radius 2 is 2.00 bits per heavy atom. The second kappa shape index (κ2) is 6.84. The maximum absolute atomic E-state index is 13.4. The maximum Gasteiger partial charge on any atom is 0.417 e. The number of cyclic esters (lactones) is 1. The third-order valence-corrected chi connectivity index (χ3v) is 3.96. The largest absolute Gasteiger partial charge is 0.446 e. The summed E-state index contributed by atoms with van der Waals surface area (Å²) in [4.78, 5) is 25.3. The molecule has 0 unspecified atom stereocenters. The molecular weight excluding hydrogens is 333 g/mol. The van der Waals surface area contributed by atoms with Crippen molar-refractivity contribution >= 4 is 29.7 Å². The molecule has 0 saturated carbocycles. The SMILES string of the molecule is O=C(C=Cc1ccc(Cl)c(F)c1)N1C(=O)OC[C@@H]1c1ccccc1. The Hall–Kier alpha value is -2.66. The average molecular weight is 346 g/mol. The quantitative estimate of drug-likeness (QED) is 0.783. The normalized spacial score (nSPS) is 17.3. The lowest BCUT2D eigenvalue weighted by Crippen LogP contribution is -2.32. The van der Waals surface area contributed by atoms with E-state index in [0.717, 1.165) is 10.5 Å². The Bertz CT molecular complexity index is 807. The average Bonchev–Trinajstić information content (AvgIpc) is 2.98. The zero-order chi connectivity index (χ0) is 17.1. The number of imide groups is 1. The van der Waals surface area contributed by atoms with E-state index in [1.54, 1.807) is 6.07 Å². The first-order valence-electron chi connectivity index (χ1n) is 7.24. The van der Waals surface area contributed by atoms with Gasteiger partial charge in [0.05, 0.1) is 5.02 Å². The fraction of sp³-hybridized carbons (Fsp3) is 0.111. The van der Waals surface area contributed by atoms with Gasteiger partial charge in [-0.2, -0.15) is 0 Å². The minimum atomic E-state index is -0.694. The molecule has 24 heavy (non-hydrogen) atoms. The molecule has 1 atom stereocenters. The Labute approximate surface area is 143 Å². The Morgan fingerprint density at radius 1 is 1.25 bits per heavy atom. The van der Waals surface area contributed by atoms with Gasteiger partial charge in [0.2, 0.25) is 0 Å². The number of ether oxygens (including phenoxy) is 1. The standard InChI is InChI=1S/C18H13ClFNO3/c19-14-8-6-12(10-15(14)20)7-9-17(22)21-16(11-24-18(21)23)13-4-2-1-3-5-13/h1-10,16H,11H2/t16-/m1/s1. The molecule has 0 aliphatic carbocycles. The Kier molecular flexibility index (Phi) is 4.62. The lowest BCUT2D eigenvalue weighted by atomic mass is 10.1. The Morgan fingerprint density at radius 3 is 2.71 bits per heavy atom. The second-order valence-electron chi connectivity index (χ2n) is 5.22. The zero-order valence-corrected chi connectivity index (χ0v) is 13.2. The number of amides is 2. The number of carbonyl (C=O) groups excluding carboxylic acids is 2. The van der Waals surface area contributed by atoms with Crippen molar-refractivity contribution in [3.63, 3.8) is 0 Å². The van der Waals surface area contributed by atoms with Crippen LogP contribution in [0, 0.1) is 5.82 Å². The summed E-state index contributed by atoms with van der Waals surface area (Å²) in [5.74, 6) is -1.10. The number of nitrogens with zero attached hydrogens (tertiary/aromatic N) is 1. The first-order chi connectivity index (χ1) is 11.6. The van der Waals surface area contributed by atoms with Gasteiger partial charge in [0.1, 0.15) is 18.5 Å². The van der Waals surface area contributed by atoms with Gasteiger partial charge in [0, 0.05) is 6.08 Å². The van der Waals surface area contributed by atoms with Crippen LogP contribution in [0.5, 0.6) is 0 Å². The molecule has 0 aromatic heterocycles. The van der Waals surface area contributed by atoms with Crippen LogP contribution in [-0.4, -0.2) is 23.5 Å². The van der Waals surface area contributed by atoms with Crippen molar-refractivity contribution in [1.29, 1.82) is 0 Å².